The number of hydrogen-bond donors (Lipinski definition) is 1. The third kappa shape index (κ3) is 3.18. The van der Waals surface area contributed by atoms with Crippen LogP contribution in [0.2, 0.25) is 0 Å². The number of anilines is 1. The highest BCUT2D eigenvalue weighted by Gasteiger charge is 2.15. The van der Waals surface area contributed by atoms with Gasteiger partial charge in [0.1, 0.15) is 5.69 Å². The van der Waals surface area contributed by atoms with Gasteiger partial charge in [0.05, 0.1) is 4.92 Å². The number of pyridine rings is 1. The lowest BCUT2D eigenvalue weighted by Gasteiger charge is -2.10. The van der Waals surface area contributed by atoms with Crippen molar-refractivity contribution in [3.8, 4) is 5.82 Å². The van der Waals surface area contributed by atoms with Crippen LogP contribution in [-0.2, 0) is 6.54 Å². The molecule has 0 spiro atoms. The molecule has 1 aromatic carbocycles. The molecule has 0 saturated carbocycles. The Labute approximate surface area is 132 Å². The van der Waals surface area contributed by atoms with Gasteiger partial charge in [-0.25, -0.2) is 9.67 Å². The van der Waals surface area contributed by atoms with Crippen molar-refractivity contribution in [2.75, 3.05) is 5.32 Å². The van der Waals surface area contributed by atoms with Gasteiger partial charge in [-0.3, -0.25) is 10.1 Å². The van der Waals surface area contributed by atoms with E-state index in [4.69, 9.17) is 0 Å². The number of rotatable bonds is 5. The van der Waals surface area contributed by atoms with Crippen LogP contribution in [0.25, 0.3) is 5.82 Å². The van der Waals surface area contributed by atoms with Gasteiger partial charge < -0.3 is 5.32 Å². The van der Waals surface area contributed by atoms with Crippen molar-refractivity contribution >= 4 is 11.4 Å². The summed E-state index contributed by atoms with van der Waals surface area (Å²) in [6.07, 6.45) is 5.19. The first kappa shape index (κ1) is 14.7. The zero-order valence-corrected chi connectivity index (χ0v) is 12.5. The van der Waals surface area contributed by atoms with Crippen LogP contribution in [0.4, 0.5) is 11.4 Å². The maximum absolute atomic E-state index is 11.1. The lowest BCUT2D eigenvalue weighted by Crippen LogP contribution is -2.06. The largest absolute Gasteiger partial charge is 0.375 e. The first-order chi connectivity index (χ1) is 11.1. The first-order valence-corrected chi connectivity index (χ1v) is 7.08. The minimum Gasteiger partial charge on any atom is -0.375 e. The Morgan fingerprint density at radius 1 is 1.26 bits per heavy atom. The number of nitrogens with one attached hydrogen (secondary N) is 1. The van der Waals surface area contributed by atoms with Gasteiger partial charge in [-0.2, -0.15) is 5.10 Å². The van der Waals surface area contributed by atoms with Gasteiger partial charge in [-0.05, 0) is 36.2 Å². The lowest BCUT2D eigenvalue weighted by molar-refractivity contribution is -0.384. The summed E-state index contributed by atoms with van der Waals surface area (Å²) in [6, 6.07) is 10.6. The molecule has 0 aliphatic rings. The van der Waals surface area contributed by atoms with Gasteiger partial charge in [-0.1, -0.05) is 12.1 Å². The van der Waals surface area contributed by atoms with Gasteiger partial charge in [0.2, 0.25) is 0 Å². The summed E-state index contributed by atoms with van der Waals surface area (Å²) in [5.74, 6) is 0.702. The van der Waals surface area contributed by atoms with E-state index < -0.39 is 0 Å². The highest BCUT2D eigenvalue weighted by molar-refractivity contribution is 5.66. The van der Waals surface area contributed by atoms with Crippen molar-refractivity contribution < 1.29 is 4.92 Å². The molecule has 3 rings (SSSR count). The van der Waals surface area contributed by atoms with Crippen LogP contribution in [0.3, 0.4) is 0 Å². The molecule has 0 saturated heterocycles. The third-order valence-electron chi connectivity index (χ3n) is 3.47. The maximum atomic E-state index is 11.1. The second kappa shape index (κ2) is 6.27. The number of nitro groups is 1. The van der Waals surface area contributed by atoms with Gasteiger partial charge >= 0.3 is 0 Å². The molecule has 2 heterocycles. The number of benzene rings is 1. The Hall–Kier alpha value is -3.22. The molecule has 0 fully saturated rings. The molecule has 1 N–H and O–H groups in total. The maximum Gasteiger partial charge on any atom is 0.292 e. The van der Waals surface area contributed by atoms with E-state index in [-0.39, 0.29) is 10.6 Å². The van der Waals surface area contributed by atoms with Crippen molar-refractivity contribution in [3.63, 3.8) is 0 Å². The number of para-hydroxylation sites is 1. The van der Waals surface area contributed by atoms with Gasteiger partial charge in [0.15, 0.2) is 5.82 Å². The smallest absolute Gasteiger partial charge is 0.292 e. The van der Waals surface area contributed by atoms with Crippen LogP contribution in [0.15, 0.2) is 55.0 Å². The number of hydrogen-bond acceptors (Lipinski definition) is 5. The van der Waals surface area contributed by atoms with E-state index >= 15 is 0 Å². The fourth-order valence-corrected chi connectivity index (χ4v) is 2.33. The molecule has 0 unspecified atom stereocenters. The fraction of sp³-hybridized carbons (Fsp3) is 0.125. The Kier molecular flexibility index (Phi) is 4.01. The summed E-state index contributed by atoms with van der Waals surface area (Å²) in [7, 11) is 0. The molecule has 3 aromatic rings. The molecule has 23 heavy (non-hydrogen) atoms. The van der Waals surface area contributed by atoms with E-state index in [1.807, 2.05) is 37.4 Å². The van der Waals surface area contributed by atoms with Gasteiger partial charge in [0.25, 0.3) is 5.69 Å². The monoisotopic (exact) mass is 309 g/mol. The van der Waals surface area contributed by atoms with Gasteiger partial charge in [-0.15, -0.1) is 0 Å². The minimum absolute atomic E-state index is 0.0753. The fourth-order valence-electron chi connectivity index (χ4n) is 2.33. The quantitative estimate of drug-likeness (QED) is 0.578. The molecule has 7 nitrogen and oxygen atoms in total. The van der Waals surface area contributed by atoms with E-state index in [9.17, 15) is 10.1 Å². The van der Waals surface area contributed by atoms with Crippen LogP contribution in [0.1, 0.15) is 11.1 Å². The molecule has 0 amide bonds. The summed E-state index contributed by atoms with van der Waals surface area (Å²) in [5, 5.41) is 18.4. The van der Waals surface area contributed by atoms with Crippen LogP contribution in [0.5, 0.6) is 0 Å². The molecule has 7 heteroatoms. The van der Waals surface area contributed by atoms with Crippen LogP contribution in [-0.4, -0.2) is 19.7 Å². The second-order valence-electron chi connectivity index (χ2n) is 5.05. The van der Waals surface area contributed by atoms with E-state index in [0.29, 0.717) is 18.1 Å². The summed E-state index contributed by atoms with van der Waals surface area (Å²) in [6.45, 7) is 2.31. The minimum atomic E-state index is -0.378. The van der Waals surface area contributed by atoms with E-state index in [1.165, 1.54) is 6.07 Å². The number of aromatic nitrogens is 3. The number of nitrogens with zero attached hydrogens (tertiary/aromatic N) is 4. The van der Waals surface area contributed by atoms with E-state index in [2.05, 4.69) is 15.4 Å². The second-order valence-corrected chi connectivity index (χ2v) is 5.05. The molecular weight excluding hydrogens is 294 g/mol. The summed E-state index contributed by atoms with van der Waals surface area (Å²) < 4.78 is 1.67. The predicted molar refractivity (Wildman–Crippen MR) is 86.5 cm³/mol. The third-order valence-corrected chi connectivity index (χ3v) is 3.47. The standard InChI is InChI=1S/C16H15N5O2/c1-12-4-2-5-14(21(22)23)16(12)18-11-13-6-8-17-15(10-13)20-9-3-7-19-20/h2-10,18H,11H2,1H3. The molecule has 0 radical (unpaired) electrons. The number of aryl methyl sites for hydroxylation is 1. The Balaban J connectivity index is 1.82. The summed E-state index contributed by atoms with van der Waals surface area (Å²) in [4.78, 5) is 15.0. The van der Waals surface area contributed by atoms with Crippen LogP contribution < -0.4 is 5.32 Å². The molecular formula is C16H15N5O2. The van der Waals surface area contributed by atoms with Gasteiger partial charge in [0, 0.05) is 31.2 Å². The van der Waals surface area contributed by atoms with Crippen molar-refractivity contribution in [1.82, 2.24) is 14.8 Å². The Morgan fingerprint density at radius 3 is 2.87 bits per heavy atom. The predicted octanol–water partition coefficient (Wildman–Crippen LogP) is 3.10. The lowest BCUT2D eigenvalue weighted by atomic mass is 10.1. The van der Waals surface area contributed by atoms with Crippen LogP contribution in [0, 0.1) is 17.0 Å². The molecule has 0 aliphatic heterocycles. The number of nitro benzene ring substituents is 1. The van der Waals surface area contributed by atoms with E-state index in [0.717, 1.165) is 11.1 Å². The molecule has 0 atom stereocenters. The molecule has 116 valence electrons. The zero-order chi connectivity index (χ0) is 16.2. The SMILES string of the molecule is Cc1cccc([N+](=O)[O-])c1NCc1ccnc(-n2cccn2)c1. The summed E-state index contributed by atoms with van der Waals surface area (Å²) >= 11 is 0. The molecule has 2 aromatic heterocycles. The highest BCUT2D eigenvalue weighted by Crippen LogP contribution is 2.28. The van der Waals surface area contributed by atoms with Crippen molar-refractivity contribution in [3.05, 3.63) is 76.2 Å². The summed E-state index contributed by atoms with van der Waals surface area (Å²) in [5.41, 5.74) is 2.41. The van der Waals surface area contributed by atoms with Crippen molar-refractivity contribution in [1.29, 1.82) is 0 Å². The average molecular weight is 309 g/mol. The van der Waals surface area contributed by atoms with E-state index in [1.54, 1.807) is 23.1 Å². The first-order valence-electron chi connectivity index (χ1n) is 7.08. The molecule has 0 aliphatic carbocycles. The highest BCUT2D eigenvalue weighted by atomic mass is 16.6. The van der Waals surface area contributed by atoms with Crippen LogP contribution >= 0.6 is 0 Å². The molecule has 0 bridgehead atoms. The normalized spacial score (nSPS) is 10.5. The van der Waals surface area contributed by atoms with Crippen molar-refractivity contribution in [2.24, 2.45) is 0 Å². The Morgan fingerprint density at radius 2 is 2.13 bits per heavy atom. The zero-order valence-electron chi connectivity index (χ0n) is 12.5. The average Bonchev–Trinajstić information content (AvgIpc) is 3.08. The Bertz CT molecular complexity index is 830. The topological polar surface area (TPSA) is 85.9 Å². The van der Waals surface area contributed by atoms with Crippen molar-refractivity contribution in [2.45, 2.75) is 13.5 Å².